The molecule has 6 aromatic rings. The van der Waals surface area contributed by atoms with E-state index in [1.54, 1.807) is 12.0 Å². The third-order valence-corrected chi connectivity index (χ3v) is 20.4. The van der Waals surface area contributed by atoms with Crippen molar-refractivity contribution in [2.75, 3.05) is 0 Å². The summed E-state index contributed by atoms with van der Waals surface area (Å²) in [6.45, 7) is 14.4. The summed E-state index contributed by atoms with van der Waals surface area (Å²) in [5.74, 6) is 0. The van der Waals surface area contributed by atoms with Crippen LogP contribution in [0, 0.1) is 7.14 Å². The van der Waals surface area contributed by atoms with Crippen molar-refractivity contribution in [2.45, 2.75) is 62.4 Å². The molecule has 0 fully saturated rings. The number of fused-ring (bicyclic) bond motifs is 3. The standard InChI is InChI=1S/C33H33.C13H8I2.C5H5.2ClH.Zr/c1-32(2,3)30-20-26-24(18-28(30)22-13-9-7-10-14-22)17-25-19-29(23-15-11-8-12-16-23)31(21-27(25)26)33(4,5)6;14-12-5-1-10(2-6-12)9-11-3-7-13(15)8-4-11;1-2-4-5-3-1;;;/h7-16,18,20-21H,17H2,1-6H3;1-8H;1-5H;2*1H;/q;;;;;+2/p-2. The molecule has 56 heavy (non-hydrogen) atoms. The maximum absolute atomic E-state index is 3.01. The first kappa shape index (κ1) is 43.2. The van der Waals surface area contributed by atoms with Crippen molar-refractivity contribution in [1.29, 1.82) is 0 Å². The molecule has 0 saturated carbocycles. The minimum atomic E-state index is -3.01. The maximum atomic E-state index is 2.61. The zero-order valence-corrected chi connectivity index (χ0v) is 41.0. The zero-order chi connectivity index (χ0) is 37.8. The van der Waals surface area contributed by atoms with Gasteiger partial charge in [-0.2, -0.15) is 0 Å². The van der Waals surface area contributed by atoms with Gasteiger partial charge in [0, 0.05) is 0 Å². The Kier molecular flexibility index (Phi) is 13.4. The summed E-state index contributed by atoms with van der Waals surface area (Å²) >= 11 is 1.90. The Bertz CT molecular complexity index is 2410. The molecule has 0 unspecified atom stereocenters. The van der Waals surface area contributed by atoms with Gasteiger partial charge in [0.05, 0.1) is 0 Å². The molecule has 0 aromatic heterocycles. The van der Waals surface area contributed by atoms with Crippen molar-refractivity contribution in [3.05, 3.63) is 192 Å². The molecule has 282 valence electrons. The summed E-state index contributed by atoms with van der Waals surface area (Å²) < 4.78 is 6.16. The Morgan fingerprint density at radius 1 is 0.554 bits per heavy atom. The molecule has 0 amide bonds. The Labute approximate surface area is 381 Å². The summed E-state index contributed by atoms with van der Waals surface area (Å²) in [5, 5.41) is 0. The normalized spacial score (nSPS) is 13.0. The predicted molar refractivity (Wildman–Crippen MR) is 246 cm³/mol. The van der Waals surface area contributed by atoms with Crippen molar-refractivity contribution in [2.24, 2.45) is 0 Å². The zero-order valence-electron chi connectivity index (χ0n) is 32.7. The van der Waals surface area contributed by atoms with Gasteiger partial charge in [-0.15, -0.1) is 0 Å². The molecule has 0 aliphatic heterocycles. The van der Waals surface area contributed by atoms with Gasteiger partial charge in [0.15, 0.2) is 0 Å². The van der Waals surface area contributed by atoms with E-state index in [1.165, 1.54) is 68.3 Å². The molecule has 0 spiro atoms. The SMILES string of the molecule is CC(C)(C)c1cc2c(cc1-c1ccccc1)Cc1c-2cc(C(C)(C)C)c(-c2ccccc2)[c]1[Zr+2](=[C](c1ccc(I)cc1)c1ccc(I)cc1)[CH]1C=CC=C1.[Cl-].[Cl-]. The van der Waals surface area contributed by atoms with Crippen LogP contribution in [0.25, 0.3) is 33.4 Å². The number of hydrogen-bond acceptors (Lipinski definition) is 0. The Balaban J connectivity index is 0.00000266. The van der Waals surface area contributed by atoms with E-state index in [0.29, 0.717) is 3.63 Å². The molecule has 0 atom stereocenters. The second-order valence-corrected chi connectivity index (χ2v) is 25.4. The second-order valence-electron chi connectivity index (χ2n) is 16.8. The number of halogens is 4. The fraction of sp³-hybridized carbons (Fsp3) is 0.196. The molecule has 2 aliphatic rings. The first-order chi connectivity index (χ1) is 25.9. The first-order valence-corrected chi connectivity index (χ1v) is 25.0. The van der Waals surface area contributed by atoms with Crippen LogP contribution in [0.4, 0.5) is 0 Å². The Hall–Kier alpha value is -2.41. The van der Waals surface area contributed by atoms with Gasteiger partial charge in [-0.05, 0) is 0 Å². The van der Waals surface area contributed by atoms with Crippen LogP contribution in [-0.2, 0) is 38.5 Å². The molecule has 6 aromatic carbocycles. The van der Waals surface area contributed by atoms with Crippen LogP contribution >= 0.6 is 45.2 Å². The van der Waals surface area contributed by atoms with Crippen molar-refractivity contribution >= 4 is 51.7 Å². The Morgan fingerprint density at radius 3 is 1.54 bits per heavy atom. The van der Waals surface area contributed by atoms with E-state index in [1.807, 2.05) is 0 Å². The quantitative estimate of drug-likeness (QED) is 0.149. The van der Waals surface area contributed by atoms with Gasteiger partial charge in [-0.3, -0.25) is 0 Å². The van der Waals surface area contributed by atoms with Gasteiger partial charge in [0.2, 0.25) is 0 Å². The van der Waals surface area contributed by atoms with Crippen LogP contribution in [0.1, 0.15) is 74.9 Å². The molecule has 2 aliphatic carbocycles. The molecule has 0 radical (unpaired) electrons. The number of allylic oxidation sites excluding steroid dienone is 4. The molecular weight excluding hydrogens is 1030 g/mol. The van der Waals surface area contributed by atoms with E-state index in [-0.39, 0.29) is 35.6 Å². The van der Waals surface area contributed by atoms with Crippen molar-refractivity contribution in [3.8, 4) is 33.4 Å². The summed E-state index contributed by atoms with van der Waals surface area (Å²) in [6, 6.07) is 48.9. The molecule has 0 N–H and O–H groups in total. The molecule has 0 bridgehead atoms. The number of hydrogen-bond donors (Lipinski definition) is 0. The first-order valence-electron chi connectivity index (χ1n) is 19.0. The van der Waals surface area contributed by atoms with Crippen LogP contribution in [0.5, 0.6) is 0 Å². The van der Waals surface area contributed by atoms with Gasteiger partial charge >= 0.3 is 361 Å². The molecule has 0 heterocycles. The van der Waals surface area contributed by atoms with E-state index in [2.05, 4.69) is 238 Å². The van der Waals surface area contributed by atoms with Crippen molar-refractivity contribution in [1.82, 2.24) is 0 Å². The number of benzene rings is 6. The molecule has 8 rings (SSSR count). The summed E-state index contributed by atoms with van der Waals surface area (Å²) in [6.07, 6.45) is 10.6. The minimum absolute atomic E-state index is 0. The number of rotatable bonds is 6. The summed E-state index contributed by atoms with van der Waals surface area (Å²) in [7, 11) is 0. The summed E-state index contributed by atoms with van der Waals surface area (Å²) in [5.41, 5.74) is 16.9. The van der Waals surface area contributed by atoms with Gasteiger partial charge in [-0.25, -0.2) is 0 Å². The van der Waals surface area contributed by atoms with E-state index in [4.69, 9.17) is 0 Å². The molecule has 0 saturated heterocycles. The van der Waals surface area contributed by atoms with Crippen molar-refractivity contribution in [3.63, 3.8) is 0 Å². The van der Waals surface area contributed by atoms with Gasteiger partial charge in [-0.1, -0.05) is 0 Å². The minimum Gasteiger partial charge on any atom is -1.00 e. The fourth-order valence-electron chi connectivity index (χ4n) is 8.44. The fourth-order valence-corrected chi connectivity index (χ4v) is 18.0. The smallest absolute Gasteiger partial charge is 1.00 e. The maximum Gasteiger partial charge on any atom is -1.00 e. The van der Waals surface area contributed by atoms with Crippen LogP contribution in [0.15, 0.2) is 152 Å². The van der Waals surface area contributed by atoms with E-state index < -0.39 is 21.3 Å². The van der Waals surface area contributed by atoms with Crippen LogP contribution in [0.3, 0.4) is 0 Å². The van der Waals surface area contributed by atoms with Crippen molar-refractivity contribution < 1.29 is 46.1 Å². The second kappa shape index (κ2) is 17.4. The monoisotopic (exact) mass is 1070 g/mol. The van der Waals surface area contributed by atoms with E-state index in [9.17, 15) is 0 Å². The molecular formula is C51H46Cl2I2Zr. The molecule has 0 nitrogen and oxygen atoms in total. The third-order valence-electron chi connectivity index (χ3n) is 11.0. The van der Waals surface area contributed by atoms with E-state index in [0.717, 1.165) is 6.42 Å². The largest absolute Gasteiger partial charge is 1.00 e. The van der Waals surface area contributed by atoms with Gasteiger partial charge in [0.25, 0.3) is 0 Å². The van der Waals surface area contributed by atoms with Crippen LogP contribution < -0.4 is 28.1 Å². The average Bonchev–Trinajstić information content (AvgIpc) is 3.82. The van der Waals surface area contributed by atoms with Crippen LogP contribution in [0.2, 0.25) is 3.63 Å². The average molecular weight is 1070 g/mol. The topological polar surface area (TPSA) is 0 Å². The Morgan fingerprint density at radius 2 is 1.04 bits per heavy atom. The van der Waals surface area contributed by atoms with Crippen LogP contribution in [-0.4, -0.2) is 3.21 Å². The summed E-state index contributed by atoms with van der Waals surface area (Å²) in [4.78, 5) is 0. The van der Waals surface area contributed by atoms with Gasteiger partial charge < -0.3 is 24.8 Å². The molecule has 5 heteroatoms. The van der Waals surface area contributed by atoms with E-state index >= 15 is 0 Å². The predicted octanol–water partition coefficient (Wildman–Crippen LogP) is 7.83. The van der Waals surface area contributed by atoms with Gasteiger partial charge in [0.1, 0.15) is 0 Å². The third kappa shape index (κ3) is 8.51.